The second-order valence-corrected chi connectivity index (χ2v) is 13.7. The van der Waals surface area contributed by atoms with E-state index >= 15 is 0 Å². The number of aryl methyl sites for hydroxylation is 2. The maximum atomic E-state index is 4.90. The third kappa shape index (κ3) is 6.61. The molecule has 0 fully saturated rings. The quantitative estimate of drug-likeness (QED) is 0.158. The zero-order valence-electron chi connectivity index (χ0n) is 29.5. The van der Waals surface area contributed by atoms with Crippen molar-refractivity contribution in [2.24, 2.45) is 14.1 Å². The van der Waals surface area contributed by atoms with Gasteiger partial charge in [-0.3, -0.25) is 19.9 Å². The molecule has 0 bridgehead atoms. The van der Waals surface area contributed by atoms with Gasteiger partial charge in [-0.15, -0.1) is 0 Å². The summed E-state index contributed by atoms with van der Waals surface area (Å²) in [6, 6.07) is 25.6. The second kappa shape index (κ2) is 14.2. The summed E-state index contributed by atoms with van der Waals surface area (Å²) in [4.78, 5) is 18.2. The standard InChI is InChI=1S/C21H17N5O.C21H17N5S/c2*1-26-7-4-15-2-3-16(8-20(15)26)18-9-17(24-11-14-12-25-27-13-14)10-19-21(18)23-6-5-22-19/h2*2-10,12-13,24H,11H2,1H3. The third-order valence-corrected chi connectivity index (χ3v) is 10.1. The van der Waals surface area contributed by atoms with Gasteiger partial charge in [0, 0.05) is 121 Å². The molecule has 12 heteroatoms. The normalized spacial score (nSPS) is 11.3. The minimum atomic E-state index is 0.631. The summed E-state index contributed by atoms with van der Waals surface area (Å²) >= 11 is 1.47. The number of nitrogens with one attached hydrogen (secondary N) is 2. The Morgan fingerprint density at radius 2 is 1.17 bits per heavy atom. The van der Waals surface area contributed by atoms with Crippen molar-refractivity contribution < 1.29 is 4.52 Å². The highest BCUT2D eigenvalue weighted by Crippen LogP contribution is 2.34. The summed E-state index contributed by atoms with van der Waals surface area (Å²) in [5, 5.41) is 15.2. The van der Waals surface area contributed by atoms with E-state index in [1.54, 1.807) is 37.2 Å². The summed E-state index contributed by atoms with van der Waals surface area (Å²) in [6.45, 7) is 1.37. The van der Waals surface area contributed by atoms with Gasteiger partial charge in [-0.1, -0.05) is 29.4 Å². The molecule has 0 amide bonds. The predicted octanol–water partition coefficient (Wildman–Crippen LogP) is 9.25. The van der Waals surface area contributed by atoms with Gasteiger partial charge in [-0.2, -0.15) is 0 Å². The lowest BCUT2D eigenvalue weighted by molar-refractivity contribution is 0.419. The molecular formula is C42H34N10OS. The first-order chi connectivity index (χ1) is 26.6. The predicted molar refractivity (Wildman–Crippen MR) is 216 cm³/mol. The second-order valence-electron chi connectivity index (χ2n) is 13.1. The lowest BCUT2D eigenvalue weighted by atomic mass is 10.0. The fraction of sp³-hybridized carbons (Fsp3) is 0.0952. The van der Waals surface area contributed by atoms with Crippen molar-refractivity contribution in [2.75, 3.05) is 10.6 Å². The van der Waals surface area contributed by atoms with E-state index in [1.165, 1.54) is 38.9 Å². The SMILES string of the molecule is Cn1ccc2ccc(-c3cc(NCc4cnoc4)cc4nccnc34)cc21.Cn1ccc2ccc(-c3cc(NCc4cnsc4)cc4nccnc34)cc21. The van der Waals surface area contributed by atoms with Crippen molar-refractivity contribution in [3.63, 3.8) is 0 Å². The fourth-order valence-corrected chi connectivity index (χ4v) is 7.23. The molecule has 0 aliphatic heterocycles. The number of anilines is 2. The van der Waals surface area contributed by atoms with Gasteiger partial charge in [0.25, 0.3) is 0 Å². The highest BCUT2D eigenvalue weighted by Gasteiger charge is 2.12. The van der Waals surface area contributed by atoms with Gasteiger partial charge in [0.1, 0.15) is 6.26 Å². The maximum Gasteiger partial charge on any atom is 0.128 e. The van der Waals surface area contributed by atoms with Crippen LogP contribution in [0.25, 0.3) is 66.1 Å². The summed E-state index contributed by atoms with van der Waals surface area (Å²) in [5.74, 6) is 0. The Hall–Kier alpha value is -6.92. The van der Waals surface area contributed by atoms with E-state index in [0.29, 0.717) is 6.54 Å². The molecular weight excluding hydrogens is 693 g/mol. The minimum absolute atomic E-state index is 0.631. The van der Waals surface area contributed by atoms with Crippen LogP contribution in [0.15, 0.2) is 139 Å². The first kappa shape index (κ1) is 33.0. The van der Waals surface area contributed by atoms with Gasteiger partial charge >= 0.3 is 0 Å². The average molecular weight is 727 g/mol. The van der Waals surface area contributed by atoms with Crippen LogP contribution >= 0.6 is 11.5 Å². The van der Waals surface area contributed by atoms with E-state index in [1.807, 2.05) is 18.3 Å². The molecule has 0 unspecified atom stereocenters. The van der Waals surface area contributed by atoms with Crippen LogP contribution in [-0.2, 0) is 27.2 Å². The Balaban J connectivity index is 0.000000142. The number of benzene rings is 4. The fourth-order valence-electron chi connectivity index (χ4n) is 6.69. The molecule has 0 spiro atoms. The number of hydrogen-bond donors (Lipinski definition) is 2. The van der Waals surface area contributed by atoms with Crippen molar-refractivity contribution in [2.45, 2.75) is 13.1 Å². The van der Waals surface area contributed by atoms with Gasteiger partial charge in [-0.05, 0) is 82.0 Å². The molecule has 0 atom stereocenters. The molecule has 0 aliphatic carbocycles. The van der Waals surface area contributed by atoms with Crippen LogP contribution in [0.5, 0.6) is 0 Å². The molecule has 0 aliphatic rings. The van der Waals surface area contributed by atoms with Crippen LogP contribution < -0.4 is 10.6 Å². The molecule has 4 aromatic carbocycles. The lowest BCUT2D eigenvalue weighted by Crippen LogP contribution is -1.99. The van der Waals surface area contributed by atoms with Gasteiger partial charge in [0.15, 0.2) is 0 Å². The van der Waals surface area contributed by atoms with E-state index in [0.717, 1.165) is 67.8 Å². The molecule has 10 rings (SSSR count). The van der Waals surface area contributed by atoms with E-state index < -0.39 is 0 Å². The Morgan fingerprint density at radius 3 is 1.69 bits per heavy atom. The summed E-state index contributed by atoms with van der Waals surface area (Å²) < 4.78 is 13.3. The lowest BCUT2D eigenvalue weighted by Gasteiger charge is -2.11. The molecule has 0 saturated heterocycles. The zero-order chi connectivity index (χ0) is 36.4. The largest absolute Gasteiger partial charge is 0.381 e. The van der Waals surface area contributed by atoms with Gasteiger partial charge in [0.05, 0.1) is 28.3 Å². The van der Waals surface area contributed by atoms with Crippen LogP contribution in [0.1, 0.15) is 11.1 Å². The molecule has 54 heavy (non-hydrogen) atoms. The Kier molecular flexibility index (Phi) is 8.69. The first-order valence-corrected chi connectivity index (χ1v) is 18.2. The highest BCUT2D eigenvalue weighted by atomic mass is 32.1. The number of fused-ring (bicyclic) bond motifs is 4. The molecule has 11 nitrogen and oxygen atoms in total. The van der Waals surface area contributed by atoms with Crippen LogP contribution in [0.3, 0.4) is 0 Å². The van der Waals surface area contributed by atoms with Crippen LogP contribution in [0.2, 0.25) is 0 Å². The first-order valence-electron chi connectivity index (χ1n) is 17.4. The van der Waals surface area contributed by atoms with E-state index in [4.69, 9.17) is 4.52 Å². The number of rotatable bonds is 8. The Bertz CT molecular complexity index is 2680. The molecule has 6 heterocycles. The van der Waals surface area contributed by atoms with Crippen LogP contribution in [-0.4, -0.2) is 38.6 Å². The summed E-state index contributed by atoms with van der Waals surface area (Å²) in [7, 11) is 4.12. The van der Waals surface area contributed by atoms with Crippen molar-refractivity contribution >= 4 is 66.8 Å². The smallest absolute Gasteiger partial charge is 0.128 e. The topological polar surface area (TPSA) is 124 Å². The van der Waals surface area contributed by atoms with Gasteiger partial charge < -0.3 is 24.3 Å². The Morgan fingerprint density at radius 1 is 0.611 bits per heavy atom. The van der Waals surface area contributed by atoms with Crippen LogP contribution in [0, 0.1) is 0 Å². The number of hydrogen-bond acceptors (Lipinski definition) is 10. The molecule has 264 valence electrons. The molecule has 6 aromatic heterocycles. The minimum Gasteiger partial charge on any atom is -0.381 e. The average Bonchev–Trinajstić information content (AvgIpc) is 4.06. The van der Waals surface area contributed by atoms with Crippen molar-refractivity contribution in [1.82, 2.24) is 38.6 Å². The highest BCUT2D eigenvalue weighted by molar-refractivity contribution is 7.03. The van der Waals surface area contributed by atoms with Crippen LogP contribution in [0.4, 0.5) is 11.4 Å². The van der Waals surface area contributed by atoms with Crippen molar-refractivity contribution in [3.05, 3.63) is 145 Å². The molecule has 0 saturated carbocycles. The maximum absolute atomic E-state index is 4.90. The summed E-state index contributed by atoms with van der Waals surface area (Å²) in [6.07, 6.45) is 16.3. The van der Waals surface area contributed by atoms with E-state index in [2.05, 4.69) is 142 Å². The molecule has 0 radical (unpaired) electrons. The number of aromatic nitrogens is 8. The van der Waals surface area contributed by atoms with E-state index in [-0.39, 0.29) is 0 Å². The van der Waals surface area contributed by atoms with Gasteiger partial charge in [0.2, 0.25) is 0 Å². The molecule has 10 aromatic rings. The monoisotopic (exact) mass is 726 g/mol. The number of nitrogens with zero attached hydrogens (tertiary/aromatic N) is 8. The van der Waals surface area contributed by atoms with Crippen molar-refractivity contribution in [3.8, 4) is 22.3 Å². The molecule has 2 N–H and O–H groups in total. The van der Waals surface area contributed by atoms with Crippen molar-refractivity contribution in [1.29, 1.82) is 0 Å². The van der Waals surface area contributed by atoms with Gasteiger partial charge in [-0.25, -0.2) is 4.37 Å². The summed E-state index contributed by atoms with van der Waals surface area (Å²) in [5.41, 5.74) is 14.5. The Labute approximate surface area is 314 Å². The zero-order valence-corrected chi connectivity index (χ0v) is 30.3. The van der Waals surface area contributed by atoms with E-state index in [9.17, 15) is 0 Å². The third-order valence-electron chi connectivity index (χ3n) is 9.51.